The summed E-state index contributed by atoms with van der Waals surface area (Å²) in [6.45, 7) is 2.01. The van der Waals surface area contributed by atoms with Crippen LogP contribution in [0.4, 0.5) is 0 Å². The molecule has 1 N–H and O–H groups in total. The lowest BCUT2D eigenvalue weighted by atomic mass is 10.0. The molecule has 1 rings (SSSR count). The van der Waals surface area contributed by atoms with Gasteiger partial charge in [0.15, 0.2) is 6.29 Å². The fraction of sp³-hybridized carbons (Fsp3) is 1.00. The summed E-state index contributed by atoms with van der Waals surface area (Å²) in [5.41, 5.74) is 0. The van der Waals surface area contributed by atoms with Crippen molar-refractivity contribution in [1.82, 2.24) is 4.90 Å². The minimum atomic E-state index is -0.573. The molecule has 3 nitrogen and oxygen atoms in total. The molecule has 0 aliphatic carbocycles. The largest absolute Gasteiger partial charge is 0.368 e. The maximum atomic E-state index is 9.35. The first-order valence-electron chi connectivity index (χ1n) is 4.11. The highest BCUT2D eigenvalue weighted by Gasteiger charge is 2.27. The Bertz CT molecular complexity index is 127. The van der Waals surface area contributed by atoms with E-state index in [1.54, 1.807) is 0 Å². The first-order valence-corrected chi connectivity index (χ1v) is 4.11. The van der Waals surface area contributed by atoms with Crippen LogP contribution in [0.3, 0.4) is 0 Å². The summed E-state index contributed by atoms with van der Waals surface area (Å²) in [4.78, 5) is 2.00. The summed E-state index contributed by atoms with van der Waals surface area (Å²) in [7, 11) is 3.93. The van der Waals surface area contributed by atoms with E-state index in [4.69, 9.17) is 4.74 Å². The summed E-state index contributed by atoms with van der Waals surface area (Å²) in [6.07, 6.45) is 1.59. The number of hydrogen-bond acceptors (Lipinski definition) is 3. The molecule has 0 radical (unpaired) electrons. The van der Waals surface area contributed by atoms with E-state index in [1.807, 2.05) is 25.9 Å². The van der Waals surface area contributed by atoms with E-state index >= 15 is 0 Å². The van der Waals surface area contributed by atoms with Crippen molar-refractivity contribution in [2.45, 2.75) is 32.3 Å². The third kappa shape index (κ3) is 2.15. The van der Waals surface area contributed by atoms with Crippen LogP contribution in [0, 0.1) is 5.92 Å². The number of aliphatic hydroxyl groups excluding tert-OH is 1. The van der Waals surface area contributed by atoms with Gasteiger partial charge in [-0.05, 0) is 26.9 Å². The fourth-order valence-corrected chi connectivity index (χ4v) is 1.29. The molecule has 1 heterocycles. The molecule has 1 saturated heterocycles. The van der Waals surface area contributed by atoms with Gasteiger partial charge in [-0.1, -0.05) is 6.92 Å². The second-order valence-electron chi connectivity index (χ2n) is 3.50. The molecule has 3 heteroatoms. The molecule has 66 valence electrons. The van der Waals surface area contributed by atoms with E-state index in [0.29, 0.717) is 0 Å². The van der Waals surface area contributed by atoms with Crippen molar-refractivity contribution in [2.24, 2.45) is 5.92 Å². The van der Waals surface area contributed by atoms with E-state index in [1.165, 1.54) is 0 Å². The predicted octanol–water partition coefficient (Wildman–Crippen LogP) is 0.639. The Morgan fingerprint density at radius 1 is 1.36 bits per heavy atom. The second-order valence-corrected chi connectivity index (χ2v) is 3.50. The van der Waals surface area contributed by atoms with Crippen LogP contribution in [-0.2, 0) is 4.74 Å². The van der Waals surface area contributed by atoms with Crippen molar-refractivity contribution < 1.29 is 9.84 Å². The van der Waals surface area contributed by atoms with Crippen LogP contribution in [0.2, 0.25) is 0 Å². The monoisotopic (exact) mass is 159 g/mol. The molecule has 1 fully saturated rings. The van der Waals surface area contributed by atoms with E-state index in [9.17, 15) is 5.11 Å². The Morgan fingerprint density at radius 2 is 2.00 bits per heavy atom. The highest BCUT2D eigenvalue weighted by atomic mass is 16.6. The third-order valence-corrected chi connectivity index (χ3v) is 2.23. The van der Waals surface area contributed by atoms with Gasteiger partial charge in [0.25, 0.3) is 0 Å². The van der Waals surface area contributed by atoms with Crippen LogP contribution in [0.15, 0.2) is 0 Å². The Morgan fingerprint density at radius 3 is 2.45 bits per heavy atom. The van der Waals surface area contributed by atoms with Crippen LogP contribution in [-0.4, -0.2) is 36.6 Å². The highest BCUT2D eigenvalue weighted by Crippen LogP contribution is 2.23. The SMILES string of the molecule is CC1CCC(N(C)C)OC1O. The molecule has 0 saturated carbocycles. The number of ether oxygens (including phenoxy) is 1. The van der Waals surface area contributed by atoms with Gasteiger partial charge in [0.2, 0.25) is 0 Å². The van der Waals surface area contributed by atoms with Crippen LogP contribution in [0.5, 0.6) is 0 Å². The van der Waals surface area contributed by atoms with Gasteiger partial charge in [0.1, 0.15) is 6.23 Å². The van der Waals surface area contributed by atoms with Crippen LogP contribution >= 0.6 is 0 Å². The van der Waals surface area contributed by atoms with Crippen LogP contribution in [0.25, 0.3) is 0 Å². The first-order chi connectivity index (χ1) is 5.11. The first kappa shape index (κ1) is 8.97. The zero-order valence-electron chi connectivity index (χ0n) is 7.45. The van der Waals surface area contributed by atoms with Gasteiger partial charge in [0, 0.05) is 5.92 Å². The smallest absolute Gasteiger partial charge is 0.159 e. The van der Waals surface area contributed by atoms with Gasteiger partial charge in [-0.3, -0.25) is 4.90 Å². The van der Waals surface area contributed by atoms with Crippen molar-refractivity contribution in [2.75, 3.05) is 14.1 Å². The number of hydrogen-bond donors (Lipinski definition) is 1. The van der Waals surface area contributed by atoms with Crippen molar-refractivity contribution in [3.8, 4) is 0 Å². The molecule has 3 atom stereocenters. The number of rotatable bonds is 1. The molecule has 0 aromatic heterocycles. The van der Waals surface area contributed by atoms with Crippen molar-refractivity contribution >= 4 is 0 Å². The predicted molar refractivity (Wildman–Crippen MR) is 43.0 cm³/mol. The summed E-state index contributed by atoms with van der Waals surface area (Å²) < 4.78 is 5.34. The molecule has 0 spiro atoms. The summed E-state index contributed by atoms with van der Waals surface area (Å²) in [6, 6.07) is 0. The maximum absolute atomic E-state index is 9.35. The van der Waals surface area contributed by atoms with E-state index < -0.39 is 6.29 Å². The maximum Gasteiger partial charge on any atom is 0.159 e. The van der Waals surface area contributed by atoms with Gasteiger partial charge >= 0.3 is 0 Å². The van der Waals surface area contributed by atoms with Gasteiger partial charge < -0.3 is 9.84 Å². The normalized spacial score (nSPS) is 39.5. The second kappa shape index (κ2) is 3.52. The van der Waals surface area contributed by atoms with Gasteiger partial charge in [-0.15, -0.1) is 0 Å². The van der Waals surface area contributed by atoms with Gasteiger partial charge in [-0.2, -0.15) is 0 Å². The minimum Gasteiger partial charge on any atom is -0.368 e. The molecule has 3 unspecified atom stereocenters. The van der Waals surface area contributed by atoms with Gasteiger partial charge in [-0.25, -0.2) is 0 Å². The standard InChI is InChI=1S/C8H17NO2/c1-6-4-5-7(9(2)3)11-8(6)10/h6-8,10H,4-5H2,1-3H3. The number of aliphatic hydroxyl groups is 1. The van der Waals surface area contributed by atoms with E-state index in [0.717, 1.165) is 12.8 Å². The van der Waals surface area contributed by atoms with Crippen LogP contribution < -0.4 is 0 Å². The highest BCUT2D eigenvalue weighted by molar-refractivity contribution is 4.68. The molecule has 0 bridgehead atoms. The quantitative estimate of drug-likeness (QED) is 0.609. The van der Waals surface area contributed by atoms with Gasteiger partial charge in [0.05, 0.1) is 0 Å². The molecule has 0 aromatic rings. The van der Waals surface area contributed by atoms with Crippen LogP contribution in [0.1, 0.15) is 19.8 Å². The Kier molecular flexibility index (Phi) is 2.87. The Hall–Kier alpha value is -0.120. The average molecular weight is 159 g/mol. The summed E-state index contributed by atoms with van der Waals surface area (Å²) in [5.74, 6) is 0.284. The minimum absolute atomic E-state index is 0.0983. The molecule has 11 heavy (non-hydrogen) atoms. The molecule has 0 aromatic carbocycles. The average Bonchev–Trinajstić information content (AvgIpc) is 1.94. The number of nitrogens with zero attached hydrogens (tertiary/aromatic N) is 1. The molecule has 1 aliphatic rings. The van der Waals surface area contributed by atoms with E-state index in [2.05, 4.69) is 0 Å². The summed E-state index contributed by atoms with van der Waals surface area (Å²) >= 11 is 0. The summed E-state index contributed by atoms with van der Waals surface area (Å²) in [5, 5.41) is 9.35. The lowest BCUT2D eigenvalue weighted by Gasteiger charge is -2.34. The topological polar surface area (TPSA) is 32.7 Å². The lowest BCUT2D eigenvalue weighted by Crippen LogP contribution is -2.41. The molecule has 1 aliphatic heterocycles. The molecular weight excluding hydrogens is 142 g/mol. The van der Waals surface area contributed by atoms with Crippen molar-refractivity contribution in [3.63, 3.8) is 0 Å². The third-order valence-electron chi connectivity index (χ3n) is 2.23. The lowest BCUT2D eigenvalue weighted by molar-refractivity contribution is -0.221. The van der Waals surface area contributed by atoms with E-state index in [-0.39, 0.29) is 12.1 Å². The van der Waals surface area contributed by atoms with Crippen molar-refractivity contribution in [3.05, 3.63) is 0 Å². The Balaban J connectivity index is 2.40. The molecular formula is C8H17NO2. The van der Waals surface area contributed by atoms with Crippen molar-refractivity contribution in [1.29, 1.82) is 0 Å². The molecule has 0 amide bonds. The zero-order chi connectivity index (χ0) is 8.43. The fourth-order valence-electron chi connectivity index (χ4n) is 1.29. The zero-order valence-corrected chi connectivity index (χ0v) is 7.45. The Labute approximate surface area is 68.0 Å².